The van der Waals surface area contributed by atoms with E-state index in [1.807, 2.05) is 6.92 Å². The first kappa shape index (κ1) is 20.6. The number of carbonyl (C=O) groups is 3. The highest BCUT2D eigenvalue weighted by Gasteiger charge is 2.34. The number of hydrogen-bond acceptors (Lipinski definition) is 6. The molecule has 0 aromatic carbocycles. The van der Waals surface area contributed by atoms with Gasteiger partial charge in [0, 0.05) is 46.4 Å². The number of esters is 1. The van der Waals surface area contributed by atoms with Crippen molar-refractivity contribution in [2.75, 3.05) is 59.6 Å². The van der Waals surface area contributed by atoms with E-state index < -0.39 is 0 Å². The Hall–Kier alpha value is -1.67. The smallest absolute Gasteiger partial charge is 0.310 e. The molecule has 0 spiro atoms. The molecular formula is C18H31N3O5. The van der Waals surface area contributed by atoms with Crippen LogP contribution in [0.25, 0.3) is 0 Å². The fraction of sp³-hybridized carbons (Fsp3) is 0.833. The number of nitrogens with zero attached hydrogens (tertiary/aromatic N) is 3. The van der Waals surface area contributed by atoms with Crippen LogP contribution >= 0.6 is 0 Å². The minimum atomic E-state index is -0.254. The van der Waals surface area contributed by atoms with Gasteiger partial charge in [-0.15, -0.1) is 0 Å². The summed E-state index contributed by atoms with van der Waals surface area (Å²) in [5.41, 5.74) is 0. The molecule has 2 heterocycles. The predicted molar refractivity (Wildman–Crippen MR) is 95.4 cm³/mol. The Balaban J connectivity index is 1.85. The van der Waals surface area contributed by atoms with Gasteiger partial charge in [-0.1, -0.05) is 0 Å². The SMILES string of the molecule is CCOC(=O)C1CCCN(C(=O)C(C)N2CCN(C(=O)COC)CC2)C1. The Morgan fingerprint density at radius 1 is 1.08 bits per heavy atom. The van der Waals surface area contributed by atoms with Crippen LogP contribution in [0.15, 0.2) is 0 Å². The highest BCUT2D eigenvalue weighted by Crippen LogP contribution is 2.20. The molecule has 2 atom stereocenters. The number of piperidine rings is 1. The average Bonchev–Trinajstić information content (AvgIpc) is 2.67. The standard InChI is InChI=1S/C18H31N3O5/c1-4-26-18(24)15-6-5-7-21(12-15)17(23)14(2)19-8-10-20(11-9-19)16(22)13-25-3/h14-15H,4-13H2,1-3H3. The zero-order valence-electron chi connectivity index (χ0n) is 16.1. The zero-order chi connectivity index (χ0) is 19.1. The summed E-state index contributed by atoms with van der Waals surface area (Å²) in [6.45, 7) is 7.82. The molecule has 2 amide bonds. The van der Waals surface area contributed by atoms with E-state index in [1.165, 1.54) is 7.11 Å². The number of rotatable bonds is 6. The largest absolute Gasteiger partial charge is 0.466 e. The van der Waals surface area contributed by atoms with E-state index in [4.69, 9.17) is 9.47 Å². The molecule has 2 rings (SSSR count). The van der Waals surface area contributed by atoms with Gasteiger partial charge in [-0.2, -0.15) is 0 Å². The van der Waals surface area contributed by atoms with Crippen LogP contribution in [0.5, 0.6) is 0 Å². The van der Waals surface area contributed by atoms with Crippen LogP contribution in [0.1, 0.15) is 26.7 Å². The first-order chi connectivity index (χ1) is 12.5. The van der Waals surface area contributed by atoms with Gasteiger partial charge in [0.05, 0.1) is 18.6 Å². The molecule has 2 aliphatic rings. The monoisotopic (exact) mass is 369 g/mol. The van der Waals surface area contributed by atoms with Crippen molar-refractivity contribution in [2.45, 2.75) is 32.7 Å². The highest BCUT2D eigenvalue weighted by molar-refractivity contribution is 5.83. The minimum absolute atomic E-state index is 0.0144. The summed E-state index contributed by atoms with van der Waals surface area (Å²) in [4.78, 5) is 42.4. The molecule has 0 saturated carbocycles. The Morgan fingerprint density at radius 2 is 1.77 bits per heavy atom. The number of piperazine rings is 1. The quantitative estimate of drug-likeness (QED) is 0.612. The molecular weight excluding hydrogens is 338 g/mol. The van der Waals surface area contributed by atoms with Crippen molar-refractivity contribution in [3.63, 3.8) is 0 Å². The molecule has 8 nitrogen and oxygen atoms in total. The summed E-state index contributed by atoms with van der Waals surface area (Å²) in [6.07, 6.45) is 1.60. The molecule has 0 bridgehead atoms. The van der Waals surface area contributed by atoms with Gasteiger partial charge in [0.15, 0.2) is 0 Å². The second-order valence-electron chi connectivity index (χ2n) is 6.90. The summed E-state index contributed by atoms with van der Waals surface area (Å²) < 4.78 is 10.00. The number of carbonyl (C=O) groups excluding carboxylic acids is 3. The van der Waals surface area contributed by atoms with E-state index in [1.54, 1.807) is 16.7 Å². The Morgan fingerprint density at radius 3 is 2.38 bits per heavy atom. The molecule has 2 unspecified atom stereocenters. The molecule has 0 aromatic heterocycles. The molecule has 8 heteroatoms. The molecule has 0 radical (unpaired) electrons. The third kappa shape index (κ3) is 5.17. The Kier molecular flexibility index (Phi) is 7.84. The lowest BCUT2D eigenvalue weighted by molar-refractivity contribution is -0.152. The summed E-state index contributed by atoms with van der Waals surface area (Å²) >= 11 is 0. The number of ether oxygens (including phenoxy) is 2. The number of methoxy groups -OCH3 is 1. The number of amides is 2. The van der Waals surface area contributed by atoms with Crippen LogP contribution in [-0.2, 0) is 23.9 Å². The van der Waals surface area contributed by atoms with E-state index in [2.05, 4.69) is 4.90 Å². The van der Waals surface area contributed by atoms with Crippen molar-refractivity contribution >= 4 is 17.8 Å². The van der Waals surface area contributed by atoms with Crippen molar-refractivity contribution in [1.82, 2.24) is 14.7 Å². The molecule has 148 valence electrons. The second kappa shape index (κ2) is 9.87. The van der Waals surface area contributed by atoms with Crippen LogP contribution in [-0.4, -0.2) is 98.1 Å². The lowest BCUT2D eigenvalue weighted by Crippen LogP contribution is -2.57. The summed E-state index contributed by atoms with van der Waals surface area (Å²) in [5.74, 6) is -0.388. The third-order valence-electron chi connectivity index (χ3n) is 5.19. The van der Waals surface area contributed by atoms with Crippen LogP contribution in [0.2, 0.25) is 0 Å². The zero-order valence-corrected chi connectivity index (χ0v) is 16.1. The molecule has 2 saturated heterocycles. The maximum atomic E-state index is 12.9. The maximum Gasteiger partial charge on any atom is 0.310 e. The summed E-state index contributed by atoms with van der Waals surface area (Å²) in [5, 5.41) is 0. The van der Waals surface area contributed by atoms with Crippen LogP contribution in [0.3, 0.4) is 0 Å². The molecule has 0 aromatic rings. The maximum absolute atomic E-state index is 12.9. The van der Waals surface area contributed by atoms with Gasteiger partial charge in [-0.25, -0.2) is 0 Å². The van der Waals surface area contributed by atoms with Crippen molar-refractivity contribution in [2.24, 2.45) is 5.92 Å². The van der Waals surface area contributed by atoms with Crippen LogP contribution in [0, 0.1) is 5.92 Å². The Bertz CT molecular complexity index is 505. The minimum Gasteiger partial charge on any atom is -0.466 e. The fourth-order valence-electron chi connectivity index (χ4n) is 3.62. The van der Waals surface area contributed by atoms with Gasteiger partial charge in [-0.3, -0.25) is 19.3 Å². The van der Waals surface area contributed by atoms with Crippen LogP contribution < -0.4 is 0 Å². The Labute approximate surface area is 155 Å². The normalized spacial score (nSPS) is 22.8. The van der Waals surface area contributed by atoms with Crippen molar-refractivity contribution in [3.8, 4) is 0 Å². The number of likely N-dealkylation sites (tertiary alicyclic amines) is 1. The molecule has 26 heavy (non-hydrogen) atoms. The third-order valence-corrected chi connectivity index (χ3v) is 5.19. The summed E-state index contributed by atoms with van der Waals surface area (Å²) in [7, 11) is 1.51. The van der Waals surface area contributed by atoms with E-state index in [9.17, 15) is 14.4 Å². The molecule has 0 N–H and O–H groups in total. The predicted octanol–water partition coefficient (Wildman–Crippen LogP) is -0.0328. The lowest BCUT2D eigenvalue weighted by Gasteiger charge is -2.40. The van der Waals surface area contributed by atoms with Gasteiger partial charge in [0.2, 0.25) is 11.8 Å². The average molecular weight is 369 g/mol. The van der Waals surface area contributed by atoms with Gasteiger partial charge >= 0.3 is 5.97 Å². The van der Waals surface area contributed by atoms with Crippen molar-refractivity contribution in [1.29, 1.82) is 0 Å². The van der Waals surface area contributed by atoms with Gasteiger partial charge < -0.3 is 19.3 Å². The van der Waals surface area contributed by atoms with E-state index in [0.29, 0.717) is 45.9 Å². The number of hydrogen-bond donors (Lipinski definition) is 0. The first-order valence-corrected chi connectivity index (χ1v) is 9.44. The fourth-order valence-corrected chi connectivity index (χ4v) is 3.62. The second-order valence-corrected chi connectivity index (χ2v) is 6.90. The first-order valence-electron chi connectivity index (χ1n) is 9.44. The van der Waals surface area contributed by atoms with E-state index in [0.717, 1.165) is 12.8 Å². The topological polar surface area (TPSA) is 79.4 Å². The van der Waals surface area contributed by atoms with E-state index >= 15 is 0 Å². The van der Waals surface area contributed by atoms with Gasteiger partial charge in [0.1, 0.15) is 6.61 Å². The van der Waals surface area contributed by atoms with Gasteiger partial charge in [-0.05, 0) is 26.7 Å². The van der Waals surface area contributed by atoms with Crippen molar-refractivity contribution in [3.05, 3.63) is 0 Å². The van der Waals surface area contributed by atoms with Crippen LogP contribution in [0.4, 0.5) is 0 Å². The summed E-state index contributed by atoms with van der Waals surface area (Å²) in [6, 6.07) is -0.254. The van der Waals surface area contributed by atoms with Gasteiger partial charge in [0.25, 0.3) is 0 Å². The highest BCUT2D eigenvalue weighted by atomic mass is 16.5. The molecule has 0 aliphatic carbocycles. The van der Waals surface area contributed by atoms with Crippen molar-refractivity contribution < 1.29 is 23.9 Å². The lowest BCUT2D eigenvalue weighted by atomic mass is 9.97. The van der Waals surface area contributed by atoms with E-state index in [-0.39, 0.29) is 36.4 Å². The molecule has 2 fully saturated rings. The molecule has 2 aliphatic heterocycles.